The van der Waals surface area contributed by atoms with Gasteiger partial charge >= 0.3 is 6.36 Å². The summed E-state index contributed by atoms with van der Waals surface area (Å²) < 4.78 is 68.8. The van der Waals surface area contributed by atoms with Crippen molar-refractivity contribution in [3.63, 3.8) is 0 Å². The molecule has 96 valence electrons. The number of ether oxygens (including phenoxy) is 2. The molecule has 0 radical (unpaired) electrons. The van der Waals surface area contributed by atoms with E-state index in [1.165, 1.54) is 0 Å². The van der Waals surface area contributed by atoms with Gasteiger partial charge in [-0.2, -0.15) is 0 Å². The molecule has 1 aromatic rings. The average molecular weight is 278 g/mol. The lowest BCUT2D eigenvalue weighted by Crippen LogP contribution is -2.19. The SMILES string of the molecule is COc1cnc(OC(F)(F)F)c(C(F)F)c1Cl. The Morgan fingerprint density at radius 2 is 1.94 bits per heavy atom. The van der Waals surface area contributed by atoms with E-state index in [0.717, 1.165) is 13.3 Å². The number of alkyl halides is 5. The van der Waals surface area contributed by atoms with E-state index in [1.54, 1.807) is 0 Å². The van der Waals surface area contributed by atoms with Crippen LogP contribution in [0.3, 0.4) is 0 Å². The van der Waals surface area contributed by atoms with Crippen molar-refractivity contribution in [2.45, 2.75) is 12.8 Å². The third-order valence-corrected chi connectivity index (χ3v) is 2.02. The molecule has 1 heterocycles. The fourth-order valence-electron chi connectivity index (χ4n) is 0.992. The highest BCUT2D eigenvalue weighted by Crippen LogP contribution is 2.40. The van der Waals surface area contributed by atoms with E-state index >= 15 is 0 Å². The first-order valence-electron chi connectivity index (χ1n) is 4.02. The topological polar surface area (TPSA) is 31.4 Å². The van der Waals surface area contributed by atoms with Crippen molar-refractivity contribution in [1.82, 2.24) is 4.98 Å². The van der Waals surface area contributed by atoms with Crippen LogP contribution in [0, 0.1) is 0 Å². The van der Waals surface area contributed by atoms with Crippen LogP contribution < -0.4 is 9.47 Å². The molecule has 0 saturated heterocycles. The number of hydrogen-bond donors (Lipinski definition) is 0. The summed E-state index contributed by atoms with van der Waals surface area (Å²) in [6.45, 7) is 0. The minimum absolute atomic E-state index is 0.267. The molecule has 1 rings (SSSR count). The van der Waals surface area contributed by atoms with Crippen molar-refractivity contribution >= 4 is 11.6 Å². The Balaban J connectivity index is 3.27. The Kier molecular flexibility index (Phi) is 3.97. The molecule has 0 aliphatic heterocycles. The smallest absolute Gasteiger partial charge is 0.494 e. The molecule has 0 fully saturated rings. The zero-order chi connectivity index (χ0) is 13.2. The van der Waals surface area contributed by atoms with E-state index in [4.69, 9.17) is 11.6 Å². The fraction of sp³-hybridized carbons (Fsp3) is 0.375. The third kappa shape index (κ3) is 3.32. The first-order valence-corrected chi connectivity index (χ1v) is 4.40. The number of rotatable bonds is 3. The molecule has 0 aliphatic carbocycles. The van der Waals surface area contributed by atoms with Gasteiger partial charge in [-0.25, -0.2) is 13.8 Å². The van der Waals surface area contributed by atoms with Gasteiger partial charge in [-0.1, -0.05) is 11.6 Å². The quantitative estimate of drug-likeness (QED) is 0.791. The highest BCUT2D eigenvalue weighted by Gasteiger charge is 2.35. The first kappa shape index (κ1) is 13.8. The lowest BCUT2D eigenvalue weighted by molar-refractivity contribution is -0.276. The number of nitrogens with zero attached hydrogens (tertiary/aromatic N) is 1. The molecule has 0 N–H and O–H groups in total. The molecule has 0 aliphatic rings. The van der Waals surface area contributed by atoms with Crippen molar-refractivity contribution in [1.29, 1.82) is 0 Å². The molecule has 0 unspecified atom stereocenters. The predicted octanol–water partition coefficient (Wildman–Crippen LogP) is 3.58. The summed E-state index contributed by atoms with van der Waals surface area (Å²) in [4.78, 5) is 3.09. The van der Waals surface area contributed by atoms with E-state index < -0.39 is 29.3 Å². The van der Waals surface area contributed by atoms with Gasteiger partial charge in [-0.05, 0) is 0 Å². The van der Waals surface area contributed by atoms with Gasteiger partial charge in [-0.3, -0.25) is 0 Å². The van der Waals surface area contributed by atoms with Gasteiger partial charge in [0, 0.05) is 0 Å². The monoisotopic (exact) mass is 277 g/mol. The predicted molar refractivity (Wildman–Crippen MR) is 47.4 cm³/mol. The third-order valence-electron chi connectivity index (χ3n) is 1.63. The number of halogens is 6. The Bertz CT molecular complexity index is 410. The number of methoxy groups -OCH3 is 1. The zero-order valence-electron chi connectivity index (χ0n) is 8.19. The zero-order valence-corrected chi connectivity index (χ0v) is 8.94. The van der Waals surface area contributed by atoms with Crippen LogP contribution in [0.15, 0.2) is 6.20 Å². The molecule has 1 aromatic heterocycles. The Labute approximate surface area is 97.1 Å². The molecule has 9 heteroatoms. The van der Waals surface area contributed by atoms with Gasteiger partial charge in [0.15, 0.2) is 5.75 Å². The van der Waals surface area contributed by atoms with Gasteiger partial charge in [-0.15, -0.1) is 13.2 Å². The summed E-state index contributed by atoms with van der Waals surface area (Å²) >= 11 is 5.45. The standard InChI is InChI=1S/C8H5ClF5NO2/c1-16-3-2-15-7(17-8(12,13)14)4(5(3)9)6(10)11/h2,6H,1H3. The van der Waals surface area contributed by atoms with Crippen LogP contribution in [0.2, 0.25) is 5.02 Å². The normalized spacial score (nSPS) is 11.8. The van der Waals surface area contributed by atoms with Crippen LogP contribution in [-0.2, 0) is 0 Å². The molecule has 0 atom stereocenters. The van der Waals surface area contributed by atoms with Gasteiger partial charge in [0.05, 0.1) is 18.3 Å². The van der Waals surface area contributed by atoms with Gasteiger partial charge < -0.3 is 9.47 Å². The Morgan fingerprint density at radius 3 is 2.35 bits per heavy atom. The number of aromatic nitrogens is 1. The maximum Gasteiger partial charge on any atom is 0.574 e. The largest absolute Gasteiger partial charge is 0.574 e. The van der Waals surface area contributed by atoms with Crippen LogP contribution >= 0.6 is 11.6 Å². The van der Waals surface area contributed by atoms with Crippen molar-refractivity contribution in [3.05, 3.63) is 16.8 Å². The summed E-state index contributed by atoms with van der Waals surface area (Å²) in [7, 11) is 1.11. The Hall–Kier alpha value is -1.31. The minimum Gasteiger partial charge on any atom is -0.494 e. The molecule has 0 saturated carbocycles. The van der Waals surface area contributed by atoms with E-state index in [2.05, 4.69) is 14.5 Å². The molecular formula is C8H5ClF5NO2. The van der Waals surface area contributed by atoms with Crippen molar-refractivity contribution in [3.8, 4) is 11.6 Å². The van der Waals surface area contributed by atoms with Crippen molar-refractivity contribution in [2.75, 3.05) is 7.11 Å². The highest BCUT2D eigenvalue weighted by atomic mass is 35.5. The van der Waals surface area contributed by atoms with Crippen LogP contribution in [0.5, 0.6) is 11.6 Å². The summed E-state index contributed by atoms with van der Waals surface area (Å²) in [6.07, 6.45) is -7.65. The second-order valence-corrected chi connectivity index (χ2v) is 3.09. The van der Waals surface area contributed by atoms with E-state index in [-0.39, 0.29) is 5.75 Å². The van der Waals surface area contributed by atoms with E-state index in [9.17, 15) is 22.0 Å². The van der Waals surface area contributed by atoms with E-state index in [1.807, 2.05) is 0 Å². The lowest BCUT2D eigenvalue weighted by atomic mass is 10.2. The van der Waals surface area contributed by atoms with Crippen LogP contribution in [0.4, 0.5) is 22.0 Å². The van der Waals surface area contributed by atoms with Crippen LogP contribution in [0.25, 0.3) is 0 Å². The second-order valence-electron chi connectivity index (χ2n) is 2.71. The van der Waals surface area contributed by atoms with Gasteiger partial charge in [0.25, 0.3) is 6.43 Å². The maximum atomic E-state index is 12.6. The molecule has 3 nitrogen and oxygen atoms in total. The molecule has 0 spiro atoms. The Morgan fingerprint density at radius 1 is 1.35 bits per heavy atom. The molecule has 0 bridgehead atoms. The minimum atomic E-state index is -5.13. The molecule has 0 aromatic carbocycles. The highest BCUT2D eigenvalue weighted by molar-refractivity contribution is 6.33. The molecule has 17 heavy (non-hydrogen) atoms. The molecular weight excluding hydrogens is 273 g/mol. The van der Waals surface area contributed by atoms with Crippen LogP contribution in [0.1, 0.15) is 12.0 Å². The van der Waals surface area contributed by atoms with Crippen molar-refractivity contribution in [2.24, 2.45) is 0 Å². The van der Waals surface area contributed by atoms with Gasteiger partial charge in [0.2, 0.25) is 5.88 Å². The van der Waals surface area contributed by atoms with Crippen LogP contribution in [-0.4, -0.2) is 18.5 Å². The summed E-state index contributed by atoms with van der Waals surface area (Å²) in [5, 5.41) is -0.670. The summed E-state index contributed by atoms with van der Waals surface area (Å²) in [5.74, 6) is -1.56. The molecule has 0 amide bonds. The fourth-order valence-corrected chi connectivity index (χ4v) is 1.28. The summed E-state index contributed by atoms with van der Waals surface area (Å²) in [5.41, 5.74) is -1.16. The first-order chi connectivity index (χ1) is 7.76. The maximum absolute atomic E-state index is 12.6. The number of pyridine rings is 1. The average Bonchev–Trinajstić information content (AvgIpc) is 2.14. The van der Waals surface area contributed by atoms with E-state index in [0.29, 0.717) is 0 Å². The lowest BCUT2D eigenvalue weighted by Gasteiger charge is -2.14. The van der Waals surface area contributed by atoms with Gasteiger partial charge in [0.1, 0.15) is 5.56 Å². The summed E-state index contributed by atoms with van der Waals surface area (Å²) in [6, 6.07) is 0. The second kappa shape index (κ2) is 4.91. The van der Waals surface area contributed by atoms with Crippen molar-refractivity contribution < 1.29 is 31.4 Å². The number of hydrogen-bond acceptors (Lipinski definition) is 3.